The first kappa shape index (κ1) is 12.0. The molecule has 1 fully saturated rings. The molecule has 0 aliphatic heterocycles. The molecule has 0 radical (unpaired) electrons. The van der Waals surface area contributed by atoms with Gasteiger partial charge < -0.3 is 5.11 Å². The van der Waals surface area contributed by atoms with Crippen LogP contribution in [0, 0.1) is 17.2 Å². The van der Waals surface area contributed by atoms with Gasteiger partial charge in [-0.3, -0.25) is 4.79 Å². The first-order valence-electron chi connectivity index (χ1n) is 4.78. The Kier molecular flexibility index (Phi) is 3.69. The lowest BCUT2D eigenvalue weighted by atomic mass is 9.89. The topological polar surface area (TPSA) is 95.2 Å². The molecule has 0 saturated heterocycles. The Morgan fingerprint density at radius 3 is 2.27 bits per heavy atom. The first-order chi connectivity index (χ1) is 6.97. The number of hydrogen-bond donors (Lipinski definition) is 1. The number of hydrogen-bond acceptors (Lipinski definition) is 4. The smallest absolute Gasteiger partial charge is 0.306 e. The number of aliphatic carboxylic acids is 1. The van der Waals surface area contributed by atoms with E-state index < -0.39 is 32.7 Å². The van der Waals surface area contributed by atoms with E-state index in [4.69, 9.17) is 10.4 Å². The van der Waals surface area contributed by atoms with Gasteiger partial charge in [0.15, 0.2) is 9.84 Å². The highest BCUT2D eigenvalue weighted by atomic mass is 32.2. The lowest BCUT2D eigenvalue weighted by Gasteiger charge is -2.24. The minimum absolute atomic E-state index is 0.362. The second kappa shape index (κ2) is 4.62. The van der Waals surface area contributed by atoms with Crippen LogP contribution in [0.1, 0.15) is 25.7 Å². The number of nitriles is 1. The summed E-state index contributed by atoms with van der Waals surface area (Å²) in [6, 6.07) is 1.63. The summed E-state index contributed by atoms with van der Waals surface area (Å²) in [4.78, 5) is 10.6. The van der Waals surface area contributed by atoms with Crippen molar-refractivity contribution in [3.63, 3.8) is 0 Å². The molecule has 0 aromatic heterocycles. The first-order valence-corrected chi connectivity index (χ1v) is 6.50. The van der Waals surface area contributed by atoms with Crippen molar-refractivity contribution < 1.29 is 18.3 Å². The maximum atomic E-state index is 11.5. The van der Waals surface area contributed by atoms with Crippen LogP contribution >= 0.6 is 0 Å². The van der Waals surface area contributed by atoms with Gasteiger partial charge in [0, 0.05) is 0 Å². The number of nitrogens with zero attached hydrogens (tertiary/aromatic N) is 1. The highest BCUT2D eigenvalue weighted by molar-refractivity contribution is 7.92. The number of sulfone groups is 1. The molecule has 0 atom stereocenters. The fraction of sp³-hybridized carbons (Fsp3) is 0.778. The predicted molar refractivity (Wildman–Crippen MR) is 52.8 cm³/mol. The SMILES string of the molecule is N#CCS(=O)(=O)C1CCC(C(=O)O)CC1. The molecule has 0 bridgehead atoms. The highest BCUT2D eigenvalue weighted by Crippen LogP contribution is 2.28. The minimum Gasteiger partial charge on any atom is -0.481 e. The standard InChI is InChI=1S/C9H13NO4S/c10-5-6-15(13,14)8-3-1-7(2-4-8)9(11)12/h7-8H,1-4,6H2,(H,11,12). The molecule has 5 nitrogen and oxygen atoms in total. The second-order valence-electron chi connectivity index (χ2n) is 3.78. The predicted octanol–water partition coefficient (Wildman–Crippen LogP) is 0.568. The molecule has 1 N–H and O–H groups in total. The van der Waals surface area contributed by atoms with E-state index in [0.717, 1.165) is 0 Å². The zero-order chi connectivity index (χ0) is 11.5. The van der Waals surface area contributed by atoms with Crippen LogP contribution in [0.25, 0.3) is 0 Å². The van der Waals surface area contributed by atoms with Crippen molar-refractivity contribution >= 4 is 15.8 Å². The van der Waals surface area contributed by atoms with E-state index in [-0.39, 0.29) is 0 Å². The molecular formula is C9H13NO4S. The van der Waals surface area contributed by atoms with Gasteiger partial charge in [0.25, 0.3) is 0 Å². The molecule has 0 amide bonds. The number of carboxylic acid groups (broad SMARTS) is 1. The third-order valence-electron chi connectivity index (χ3n) is 2.80. The number of carbonyl (C=O) groups is 1. The van der Waals surface area contributed by atoms with E-state index in [9.17, 15) is 13.2 Å². The quantitative estimate of drug-likeness (QED) is 0.766. The van der Waals surface area contributed by atoms with Gasteiger partial charge >= 0.3 is 5.97 Å². The molecule has 0 aromatic rings. The molecule has 0 spiro atoms. The summed E-state index contributed by atoms with van der Waals surface area (Å²) < 4.78 is 23.0. The maximum absolute atomic E-state index is 11.5. The van der Waals surface area contributed by atoms with E-state index in [1.54, 1.807) is 6.07 Å². The summed E-state index contributed by atoms with van der Waals surface area (Å²) >= 11 is 0. The summed E-state index contributed by atoms with van der Waals surface area (Å²) in [5.41, 5.74) is 0. The lowest BCUT2D eigenvalue weighted by molar-refractivity contribution is -0.142. The van der Waals surface area contributed by atoms with Gasteiger partial charge in [-0.15, -0.1) is 0 Å². The van der Waals surface area contributed by atoms with Gasteiger partial charge in [0.05, 0.1) is 17.2 Å². The highest BCUT2D eigenvalue weighted by Gasteiger charge is 2.32. The summed E-state index contributed by atoms with van der Waals surface area (Å²) in [5, 5.41) is 16.6. The van der Waals surface area contributed by atoms with Crippen LogP contribution in [0.15, 0.2) is 0 Å². The van der Waals surface area contributed by atoms with Gasteiger partial charge in [-0.25, -0.2) is 8.42 Å². The van der Waals surface area contributed by atoms with E-state index in [0.29, 0.717) is 25.7 Å². The maximum Gasteiger partial charge on any atom is 0.306 e. The summed E-state index contributed by atoms with van der Waals surface area (Å²) in [6.07, 6.45) is 1.51. The van der Waals surface area contributed by atoms with Crippen molar-refractivity contribution in [2.24, 2.45) is 5.92 Å². The molecule has 1 aliphatic rings. The van der Waals surface area contributed by atoms with E-state index in [1.165, 1.54) is 0 Å². The van der Waals surface area contributed by atoms with Gasteiger partial charge in [-0.1, -0.05) is 0 Å². The van der Waals surface area contributed by atoms with Crippen molar-refractivity contribution in [2.75, 3.05) is 5.75 Å². The average Bonchev–Trinajstić information content (AvgIpc) is 2.18. The van der Waals surface area contributed by atoms with Gasteiger partial charge in [-0.05, 0) is 25.7 Å². The normalized spacial score (nSPS) is 26.9. The van der Waals surface area contributed by atoms with Crippen molar-refractivity contribution in [3.8, 4) is 6.07 Å². The zero-order valence-corrected chi connectivity index (χ0v) is 9.03. The third-order valence-corrected chi connectivity index (χ3v) is 4.82. The fourth-order valence-corrected chi connectivity index (χ4v) is 3.28. The molecule has 6 heteroatoms. The van der Waals surface area contributed by atoms with Crippen molar-refractivity contribution in [3.05, 3.63) is 0 Å². The Hall–Kier alpha value is -1.09. The van der Waals surface area contributed by atoms with Crippen LogP contribution < -0.4 is 0 Å². The molecule has 0 heterocycles. The fourth-order valence-electron chi connectivity index (χ4n) is 1.88. The average molecular weight is 231 g/mol. The van der Waals surface area contributed by atoms with Crippen molar-refractivity contribution in [1.29, 1.82) is 5.26 Å². The van der Waals surface area contributed by atoms with Gasteiger partial charge in [0.2, 0.25) is 0 Å². The second-order valence-corrected chi connectivity index (χ2v) is 6.06. The molecule has 0 unspecified atom stereocenters. The van der Waals surface area contributed by atoms with Crippen LogP contribution in [0.5, 0.6) is 0 Å². The largest absolute Gasteiger partial charge is 0.481 e. The number of rotatable bonds is 3. The van der Waals surface area contributed by atoms with Crippen LogP contribution in [0.2, 0.25) is 0 Å². The Morgan fingerprint density at radius 2 is 1.87 bits per heavy atom. The molecule has 1 rings (SSSR count). The Morgan fingerprint density at radius 1 is 1.33 bits per heavy atom. The van der Waals surface area contributed by atoms with Crippen LogP contribution in [-0.2, 0) is 14.6 Å². The van der Waals surface area contributed by atoms with Gasteiger partial charge in [0.1, 0.15) is 5.75 Å². The molecular weight excluding hydrogens is 218 g/mol. The van der Waals surface area contributed by atoms with E-state index >= 15 is 0 Å². The molecule has 15 heavy (non-hydrogen) atoms. The van der Waals surface area contributed by atoms with Gasteiger partial charge in [-0.2, -0.15) is 5.26 Å². The van der Waals surface area contributed by atoms with E-state index in [2.05, 4.69) is 0 Å². The van der Waals surface area contributed by atoms with Crippen LogP contribution in [0.4, 0.5) is 0 Å². The van der Waals surface area contributed by atoms with Crippen molar-refractivity contribution in [2.45, 2.75) is 30.9 Å². The minimum atomic E-state index is -3.34. The monoisotopic (exact) mass is 231 g/mol. The Labute approximate surface area is 88.6 Å². The summed E-state index contributed by atoms with van der Waals surface area (Å²) in [6.45, 7) is 0. The van der Waals surface area contributed by atoms with E-state index in [1.807, 2.05) is 0 Å². The zero-order valence-electron chi connectivity index (χ0n) is 8.22. The van der Waals surface area contributed by atoms with Crippen molar-refractivity contribution in [1.82, 2.24) is 0 Å². The Balaban J connectivity index is 2.59. The third kappa shape index (κ3) is 2.93. The number of carboxylic acids is 1. The van der Waals surface area contributed by atoms with Crippen LogP contribution in [-0.4, -0.2) is 30.5 Å². The van der Waals surface area contributed by atoms with Crippen LogP contribution in [0.3, 0.4) is 0 Å². The molecule has 84 valence electrons. The molecule has 0 aromatic carbocycles. The summed E-state index contributed by atoms with van der Waals surface area (Å²) in [5.74, 6) is -1.74. The summed E-state index contributed by atoms with van der Waals surface area (Å²) in [7, 11) is -3.34. The molecule has 1 aliphatic carbocycles. The molecule has 1 saturated carbocycles. The Bertz CT molecular complexity index is 373. The lowest BCUT2D eigenvalue weighted by Crippen LogP contribution is -2.31.